The Hall–Kier alpha value is -1.33. The van der Waals surface area contributed by atoms with Crippen molar-refractivity contribution in [2.75, 3.05) is 13.7 Å². The highest BCUT2D eigenvalue weighted by Gasteiger charge is 2.16. The second-order valence-corrected chi connectivity index (χ2v) is 3.50. The van der Waals surface area contributed by atoms with E-state index in [1.807, 2.05) is 0 Å². The van der Waals surface area contributed by atoms with Gasteiger partial charge in [0.2, 0.25) is 0 Å². The molecule has 1 aromatic rings. The average Bonchev–Trinajstić information content (AvgIpc) is 2.29. The van der Waals surface area contributed by atoms with Crippen molar-refractivity contribution in [3.8, 4) is 5.75 Å². The van der Waals surface area contributed by atoms with Crippen LogP contribution in [0.4, 0.5) is 4.39 Å². The van der Waals surface area contributed by atoms with E-state index in [-0.39, 0.29) is 31.0 Å². The number of halogens is 2. The molecule has 0 aliphatic carbocycles. The Morgan fingerprint density at radius 2 is 2.17 bits per heavy atom. The molecule has 0 heterocycles. The Kier molecular flexibility index (Phi) is 7.31. The van der Waals surface area contributed by atoms with Gasteiger partial charge in [-0.15, -0.1) is 12.4 Å². The van der Waals surface area contributed by atoms with Crippen LogP contribution in [0.3, 0.4) is 0 Å². The molecule has 0 aromatic heterocycles. The van der Waals surface area contributed by atoms with Crippen molar-refractivity contribution >= 4 is 18.4 Å². The minimum Gasteiger partial charge on any atom is -0.497 e. The topological polar surface area (TPSA) is 61.5 Å². The number of ether oxygens (including phenoxy) is 2. The van der Waals surface area contributed by atoms with Crippen molar-refractivity contribution in [2.24, 2.45) is 5.73 Å². The zero-order chi connectivity index (χ0) is 12.8. The highest BCUT2D eigenvalue weighted by molar-refractivity contribution is 5.85. The van der Waals surface area contributed by atoms with Gasteiger partial charge in [0.25, 0.3) is 0 Å². The third-order valence-electron chi connectivity index (χ3n) is 2.29. The van der Waals surface area contributed by atoms with E-state index >= 15 is 0 Å². The average molecular weight is 278 g/mol. The van der Waals surface area contributed by atoms with Gasteiger partial charge in [0, 0.05) is 11.6 Å². The minimum atomic E-state index is -0.732. The summed E-state index contributed by atoms with van der Waals surface area (Å²) in [5.41, 5.74) is 6.00. The van der Waals surface area contributed by atoms with E-state index in [9.17, 15) is 9.18 Å². The van der Waals surface area contributed by atoms with Gasteiger partial charge < -0.3 is 15.2 Å². The van der Waals surface area contributed by atoms with Crippen LogP contribution in [0.2, 0.25) is 0 Å². The van der Waals surface area contributed by atoms with Crippen LogP contribution in [0.5, 0.6) is 5.75 Å². The van der Waals surface area contributed by atoms with Gasteiger partial charge >= 0.3 is 5.97 Å². The summed E-state index contributed by atoms with van der Waals surface area (Å²) in [5.74, 6) is -0.398. The first kappa shape index (κ1) is 16.7. The maximum absolute atomic E-state index is 13.5. The number of hydrogen-bond donors (Lipinski definition) is 1. The molecule has 0 fully saturated rings. The predicted octanol–water partition coefficient (Wildman–Crippen LogP) is 2.21. The summed E-state index contributed by atoms with van der Waals surface area (Å²) in [6.07, 6.45) is -0.0576. The van der Waals surface area contributed by atoms with Crippen LogP contribution in [-0.4, -0.2) is 19.7 Å². The van der Waals surface area contributed by atoms with Gasteiger partial charge in [-0.25, -0.2) is 4.39 Å². The van der Waals surface area contributed by atoms with Crippen molar-refractivity contribution in [2.45, 2.75) is 19.4 Å². The predicted molar refractivity (Wildman–Crippen MR) is 68.4 cm³/mol. The lowest BCUT2D eigenvalue weighted by Gasteiger charge is -2.13. The van der Waals surface area contributed by atoms with E-state index in [2.05, 4.69) is 0 Å². The lowest BCUT2D eigenvalue weighted by Crippen LogP contribution is -2.18. The molecular formula is C12H17ClFNO3. The maximum Gasteiger partial charge on any atom is 0.307 e. The van der Waals surface area contributed by atoms with Crippen molar-refractivity contribution in [1.29, 1.82) is 0 Å². The summed E-state index contributed by atoms with van der Waals surface area (Å²) in [7, 11) is 1.48. The molecular weight excluding hydrogens is 261 g/mol. The Balaban J connectivity index is 0.00000289. The van der Waals surface area contributed by atoms with Crippen LogP contribution >= 0.6 is 12.4 Å². The molecule has 1 atom stereocenters. The molecule has 0 aliphatic rings. The Labute approximate surface area is 112 Å². The number of methoxy groups -OCH3 is 1. The summed E-state index contributed by atoms with van der Waals surface area (Å²) >= 11 is 0. The van der Waals surface area contributed by atoms with Crippen LogP contribution < -0.4 is 10.5 Å². The van der Waals surface area contributed by atoms with Crippen LogP contribution in [0.15, 0.2) is 18.2 Å². The quantitative estimate of drug-likeness (QED) is 0.838. The van der Waals surface area contributed by atoms with Crippen molar-refractivity contribution in [1.82, 2.24) is 0 Å². The lowest BCUT2D eigenvalue weighted by atomic mass is 10.0. The normalized spacial score (nSPS) is 11.3. The zero-order valence-corrected chi connectivity index (χ0v) is 11.1. The molecule has 0 saturated carbocycles. The Morgan fingerprint density at radius 1 is 1.50 bits per heavy atom. The molecule has 18 heavy (non-hydrogen) atoms. The van der Waals surface area contributed by atoms with E-state index in [1.165, 1.54) is 25.3 Å². The molecule has 1 aromatic carbocycles. The standard InChI is InChI=1S/C12H16FNO3.ClH/c1-3-17-12(15)7-11(14)9-6-8(16-2)4-5-10(9)13;/h4-6,11H,3,7,14H2,1-2H3;1H/t11-;/m0./s1. The van der Waals surface area contributed by atoms with Crippen molar-refractivity contribution in [3.63, 3.8) is 0 Å². The van der Waals surface area contributed by atoms with E-state index < -0.39 is 17.8 Å². The monoisotopic (exact) mass is 277 g/mol. The third kappa shape index (κ3) is 4.50. The maximum atomic E-state index is 13.5. The fourth-order valence-electron chi connectivity index (χ4n) is 1.44. The molecule has 0 unspecified atom stereocenters. The van der Waals surface area contributed by atoms with Crippen molar-refractivity contribution in [3.05, 3.63) is 29.6 Å². The second-order valence-electron chi connectivity index (χ2n) is 3.50. The summed E-state index contributed by atoms with van der Waals surface area (Å²) in [4.78, 5) is 11.2. The smallest absolute Gasteiger partial charge is 0.307 e. The van der Waals surface area contributed by atoms with E-state index in [4.69, 9.17) is 15.2 Å². The highest BCUT2D eigenvalue weighted by Crippen LogP contribution is 2.23. The number of esters is 1. The Morgan fingerprint density at radius 3 is 2.72 bits per heavy atom. The molecule has 6 heteroatoms. The van der Waals surface area contributed by atoms with Crippen LogP contribution in [0.1, 0.15) is 24.9 Å². The number of benzene rings is 1. The second kappa shape index (κ2) is 7.89. The van der Waals surface area contributed by atoms with E-state index in [1.54, 1.807) is 6.92 Å². The zero-order valence-electron chi connectivity index (χ0n) is 10.3. The van der Waals surface area contributed by atoms with Gasteiger partial charge in [-0.05, 0) is 25.1 Å². The van der Waals surface area contributed by atoms with Crippen LogP contribution in [-0.2, 0) is 9.53 Å². The molecule has 102 valence electrons. The number of nitrogens with two attached hydrogens (primary N) is 1. The Bertz CT molecular complexity index is 401. The number of hydrogen-bond acceptors (Lipinski definition) is 4. The first-order chi connectivity index (χ1) is 8.08. The summed E-state index contributed by atoms with van der Waals surface area (Å²) < 4.78 is 23.2. The van der Waals surface area contributed by atoms with Crippen LogP contribution in [0, 0.1) is 5.82 Å². The van der Waals surface area contributed by atoms with E-state index in [0.29, 0.717) is 5.75 Å². The van der Waals surface area contributed by atoms with Gasteiger partial charge in [0.05, 0.1) is 20.1 Å². The molecule has 0 radical (unpaired) electrons. The van der Waals surface area contributed by atoms with Gasteiger partial charge in [-0.2, -0.15) is 0 Å². The molecule has 4 nitrogen and oxygen atoms in total. The minimum absolute atomic E-state index is 0. The fraction of sp³-hybridized carbons (Fsp3) is 0.417. The van der Waals surface area contributed by atoms with E-state index in [0.717, 1.165) is 0 Å². The fourth-order valence-corrected chi connectivity index (χ4v) is 1.44. The number of rotatable bonds is 5. The first-order valence-corrected chi connectivity index (χ1v) is 5.33. The van der Waals surface area contributed by atoms with Gasteiger partial charge in [0.15, 0.2) is 0 Å². The number of carbonyl (C=O) groups excluding carboxylic acids is 1. The third-order valence-corrected chi connectivity index (χ3v) is 2.29. The SMILES string of the molecule is CCOC(=O)C[C@H](N)c1cc(OC)ccc1F.Cl. The van der Waals surface area contributed by atoms with Crippen molar-refractivity contribution < 1.29 is 18.7 Å². The highest BCUT2D eigenvalue weighted by atomic mass is 35.5. The lowest BCUT2D eigenvalue weighted by molar-refractivity contribution is -0.143. The van der Waals surface area contributed by atoms with Crippen LogP contribution in [0.25, 0.3) is 0 Å². The first-order valence-electron chi connectivity index (χ1n) is 5.33. The van der Waals surface area contributed by atoms with Gasteiger partial charge in [-0.3, -0.25) is 4.79 Å². The molecule has 0 bridgehead atoms. The molecule has 0 amide bonds. The summed E-state index contributed by atoms with van der Waals surface area (Å²) in [6.45, 7) is 1.99. The van der Waals surface area contributed by atoms with Gasteiger partial charge in [-0.1, -0.05) is 0 Å². The molecule has 0 spiro atoms. The largest absolute Gasteiger partial charge is 0.497 e. The molecule has 0 aliphatic heterocycles. The summed E-state index contributed by atoms with van der Waals surface area (Å²) in [6, 6.07) is 3.51. The molecule has 0 saturated heterocycles. The van der Waals surface area contributed by atoms with Gasteiger partial charge in [0.1, 0.15) is 11.6 Å². The molecule has 1 rings (SSSR count). The number of carbonyl (C=O) groups is 1. The summed E-state index contributed by atoms with van der Waals surface area (Å²) in [5, 5.41) is 0. The molecule has 2 N–H and O–H groups in total.